The van der Waals surface area contributed by atoms with Crippen molar-refractivity contribution in [1.82, 2.24) is 5.32 Å². The van der Waals surface area contributed by atoms with E-state index in [0.717, 1.165) is 0 Å². The Kier molecular flexibility index (Phi) is 10.9. The van der Waals surface area contributed by atoms with Crippen LogP contribution in [-0.2, 0) is 0 Å². The van der Waals surface area contributed by atoms with Gasteiger partial charge in [0.05, 0.1) is 0 Å². The minimum absolute atomic E-state index is 0.368. The van der Waals surface area contributed by atoms with Crippen LogP contribution in [0.4, 0.5) is 8.78 Å². The van der Waals surface area contributed by atoms with Crippen LogP contribution in [0.1, 0.15) is 20.8 Å². The minimum atomic E-state index is -2.51. The van der Waals surface area contributed by atoms with Crippen molar-refractivity contribution in [3.05, 3.63) is 0 Å². The number of rotatable bonds is 2. The van der Waals surface area contributed by atoms with Crippen molar-refractivity contribution >= 4 is 17.2 Å². The molecule has 0 rings (SSSR count). The fourth-order valence-corrected chi connectivity index (χ4v) is 0.396. The average Bonchev–Trinajstić information content (AvgIpc) is 1.93. The third-order valence-corrected chi connectivity index (χ3v) is 0.872. The van der Waals surface area contributed by atoms with Gasteiger partial charge in [-0.05, 0) is 6.92 Å². The minimum Gasteiger partial charge on any atom is -0.375 e. The van der Waals surface area contributed by atoms with Gasteiger partial charge in [0.1, 0.15) is 4.99 Å². The normalized spacial score (nSPS) is 8.20. The van der Waals surface area contributed by atoms with Gasteiger partial charge in [0.15, 0.2) is 0 Å². The van der Waals surface area contributed by atoms with Crippen molar-refractivity contribution in [2.45, 2.75) is 27.2 Å². The first-order valence-corrected chi connectivity index (χ1v) is 3.65. The quantitative estimate of drug-likeness (QED) is 0.636. The molecule has 4 heteroatoms. The second-order valence-corrected chi connectivity index (χ2v) is 1.64. The monoisotopic (exact) mass is 169 g/mol. The zero-order valence-corrected chi connectivity index (χ0v) is 7.27. The summed E-state index contributed by atoms with van der Waals surface area (Å²) < 4.78 is 22.8. The smallest absolute Gasteiger partial charge is 0.288 e. The maximum absolute atomic E-state index is 11.4. The van der Waals surface area contributed by atoms with Crippen LogP contribution in [-0.4, -0.2) is 18.0 Å². The lowest BCUT2D eigenvalue weighted by Crippen LogP contribution is -2.26. The molecule has 0 spiro atoms. The third-order valence-electron chi connectivity index (χ3n) is 0.549. The highest BCUT2D eigenvalue weighted by Crippen LogP contribution is 1.92. The summed E-state index contributed by atoms with van der Waals surface area (Å²) >= 11 is 4.22. The first kappa shape index (κ1) is 12.4. The van der Waals surface area contributed by atoms with Gasteiger partial charge in [-0.25, -0.2) is 8.78 Å². The molecule has 0 saturated heterocycles. The zero-order chi connectivity index (χ0) is 8.57. The van der Waals surface area contributed by atoms with Crippen LogP contribution in [0.3, 0.4) is 0 Å². The molecule has 0 atom stereocenters. The van der Waals surface area contributed by atoms with Gasteiger partial charge < -0.3 is 5.32 Å². The standard InChI is InChI=1S/C4H7F2NS.C2H6/c1-2-7-4(8)3(5)6;1-2/h3H,2H2,1H3,(H,7,8);1-2H3. The molecule has 0 saturated carbocycles. The molecule has 0 aliphatic carbocycles. The Balaban J connectivity index is 0. The Morgan fingerprint density at radius 2 is 1.90 bits per heavy atom. The molecule has 0 unspecified atom stereocenters. The lowest BCUT2D eigenvalue weighted by Gasteiger charge is -2.00. The van der Waals surface area contributed by atoms with Crippen LogP contribution in [0.5, 0.6) is 0 Å². The number of nitrogens with one attached hydrogen (secondary N) is 1. The van der Waals surface area contributed by atoms with Crippen molar-refractivity contribution in [3.63, 3.8) is 0 Å². The molecular formula is C6H13F2NS. The molecule has 0 aromatic heterocycles. The summed E-state index contributed by atoms with van der Waals surface area (Å²) in [6.45, 7) is 6.18. The van der Waals surface area contributed by atoms with Crippen molar-refractivity contribution in [3.8, 4) is 0 Å². The van der Waals surface area contributed by atoms with Gasteiger partial charge in [-0.3, -0.25) is 0 Å². The van der Waals surface area contributed by atoms with Crippen LogP contribution in [0.2, 0.25) is 0 Å². The molecule has 0 aromatic rings. The average molecular weight is 169 g/mol. The van der Waals surface area contributed by atoms with Crippen LogP contribution in [0, 0.1) is 0 Å². The first-order valence-electron chi connectivity index (χ1n) is 3.24. The summed E-state index contributed by atoms with van der Waals surface area (Å²) in [5, 5.41) is 2.33. The van der Waals surface area contributed by atoms with E-state index in [-0.39, 0.29) is 4.99 Å². The molecule has 0 aromatic carbocycles. The van der Waals surface area contributed by atoms with Gasteiger partial charge in [-0.15, -0.1) is 0 Å². The second kappa shape index (κ2) is 8.75. The van der Waals surface area contributed by atoms with E-state index in [9.17, 15) is 8.78 Å². The molecule has 0 fully saturated rings. The molecule has 0 aliphatic heterocycles. The Morgan fingerprint density at radius 3 is 2.00 bits per heavy atom. The molecule has 0 bridgehead atoms. The van der Waals surface area contributed by atoms with Gasteiger partial charge in [0.2, 0.25) is 0 Å². The first-order chi connectivity index (χ1) is 4.68. The molecule has 1 N–H and O–H groups in total. The molecule has 10 heavy (non-hydrogen) atoms. The Bertz CT molecular complexity index is 85.8. The molecular weight excluding hydrogens is 156 g/mol. The number of alkyl halides is 2. The number of thiocarbonyl (C=S) groups is 1. The van der Waals surface area contributed by atoms with Gasteiger partial charge in [-0.1, -0.05) is 26.1 Å². The van der Waals surface area contributed by atoms with Crippen LogP contribution < -0.4 is 5.32 Å². The summed E-state index contributed by atoms with van der Waals surface area (Å²) in [7, 11) is 0. The van der Waals surface area contributed by atoms with Crippen LogP contribution in [0.15, 0.2) is 0 Å². The van der Waals surface area contributed by atoms with Crippen LogP contribution in [0.25, 0.3) is 0 Å². The van der Waals surface area contributed by atoms with Gasteiger partial charge in [-0.2, -0.15) is 0 Å². The van der Waals surface area contributed by atoms with E-state index in [0.29, 0.717) is 6.54 Å². The lowest BCUT2D eigenvalue weighted by atomic mass is 10.6. The third kappa shape index (κ3) is 7.75. The zero-order valence-electron chi connectivity index (χ0n) is 6.45. The second-order valence-electron chi connectivity index (χ2n) is 1.20. The van der Waals surface area contributed by atoms with Crippen molar-refractivity contribution in [2.75, 3.05) is 6.54 Å². The van der Waals surface area contributed by atoms with E-state index in [1.165, 1.54) is 0 Å². The maximum atomic E-state index is 11.4. The topological polar surface area (TPSA) is 12.0 Å². The number of halogens is 2. The molecule has 1 nitrogen and oxygen atoms in total. The van der Waals surface area contributed by atoms with E-state index in [2.05, 4.69) is 17.5 Å². The van der Waals surface area contributed by atoms with Gasteiger partial charge in [0.25, 0.3) is 6.43 Å². The molecule has 0 heterocycles. The van der Waals surface area contributed by atoms with E-state index >= 15 is 0 Å². The van der Waals surface area contributed by atoms with E-state index in [1.807, 2.05) is 13.8 Å². The molecule has 0 amide bonds. The van der Waals surface area contributed by atoms with Crippen molar-refractivity contribution < 1.29 is 8.78 Å². The Labute approximate surface area is 65.8 Å². The maximum Gasteiger partial charge on any atom is 0.288 e. The summed E-state index contributed by atoms with van der Waals surface area (Å²) in [5.41, 5.74) is 0. The highest BCUT2D eigenvalue weighted by Gasteiger charge is 2.06. The number of hydrogen-bond donors (Lipinski definition) is 1. The summed E-state index contributed by atoms with van der Waals surface area (Å²) in [6, 6.07) is 0. The predicted molar refractivity (Wildman–Crippen MR) is 43.6 cm³/mol. The predicted octanol–water partition coefficient (Wildman–Crippen LogP) is 2.21. The Morgan fingerprint density at radius 1 is 1.50 bits per heavy atom. The highest BCUT2D eigenvalue weighted by molar-refractivity contribution is 7.80. The van der Waals surface area contributed by atoms with E-state index < -0.39 is 6.43 Å². The largest absolute Gasteiger partial charge is 0.375 e. The summed E-state index contributed by atoms with van der Waals surface area (Å²) in [4.78, 5) is -0.368. The van der Waals surface area contributed by atoms with Crippen LogP contribution >= 0.6 is 12.2 Å². The molecule has 0 aliphatic rings. The summed E-state index contributed by atoms with van der Waals surface area (Å²) in [6.07, 6.45) is -2.51. The molecule has 0 radical (unpaired) electrons. The fraction of sp³-hybridized carbons (Fsp3) is 0.833. The van der Waals surface area contributed by atoms with Gasteiger partial charge >= 0.3 is 0 Å². The summed E-state index contributed by atoms with van der Waals surface area (Å²) in [5.74, 6) is 0. The van der Waals surface area contributed by atoms with E-state index in [4.69, 9.17) is 0 Å². The highest BCUT2D eigenvalue weighted by atomic mass is 32.1. The van der Waals surface area contributed by atoms with Crippen molar-refractivity contribution in [2.24, 2.45) is 0 Å². The van der Waals surface area contributed by atoms with Gasteiger partial charge in [0, 0.05) is 6.54 Å². The van der Waals surface area contributed by atoms with E-state index in [1.54, 1.807) is 6.92 Å². The lowest BCUT2D eigenvalue weighted by molar-refractivity contribution is 0.224. The SMILES string of the molecule is CC.CCNC(=S)C(F)F. The number of hydrogen-bond acceptors (Lipinski definition) is 1. The Hall–Kier alpha value is -0.250. The fourth-order valence-electron chi connectivity index (χ4n) is 0.251. The molecule has 62 valence electrons. The van der Waals surface area contributed by atoms with Crippen molar-refractivity contribution in [1.29, 1.82) is 0 Å².